The Kier molecular flexibility index (Phi) is 3.25. The van der Waals surface area contributed by atoms with E-state index in [0.717, 1.165) is 12.0 Å². The molecule has 5 heteroatoms. The number of hydrogen-bond donors (Lipinski definition) is 2. The molecule has 2 atom stereocenters. The first-order valence-electron chi connectivity index (χ1n) is 6.10. The molecule has 1 aliphatic rings. The summed E-state index contributed by atoms with van der Waals surface area (Å²) in [5, 5.41) is 0. The molecule has 1 aliphatic carbocycles. The molecule has 1 saturated carbocycles. The molecule has 0 bridgehead atoms. The SMILES string of the molecule is CC(N)c1cccc(S(=O)(=O)NC2CC2(C)C)c1. The second-order valence-corrected chi connectivity index (χ2v) is 7.44. The fourth-order valence-electron chi connectivity index (χ4n) is 1.89. The van der Waals surface area contributed by atoms with Gasteiger partial charge in [-0.25, -0.2) is 13.1 Å². The lowest BCUT2D eigenvalue weighted by atomic mass is 10.1. The van der Waals surface area contributed by atoms with Gasteiger partial charge in [-0.3, -0.25) is 0 Å². The minimum Gasteiger partial charge on any atom is -0.324 e. The Morgan fingerprint density at radius 1 is 1.44 bits per heavy atom. The third kappa shape index (κ3) is 2.74. The van der Waals surface area contributed by atoms with Crippen LogP contribution in [0.4, 0.5) is 0 Å². The van der Waals surface area contributed by atoms with Crippen LogP contribution in [0.25, 0.3) is 0 Å². The van der Waals surface area contributed by atoms with Crippen molar-refractivity contribution in [1.29, 1.82) is 0 Å². The molecule has 0 aliphatic heterocycles. The van der Waals surface area contributed by atoms with Crippen LogP contribution in [0.1, 0.15) is 38.8 Å². The standard InChI is InChI=1S/C13H20N2O2S/c1-9(14)10-5-4-6-11(7-10)18(16,17)15-12-8-13(12,2)3/h4-7,9,12,15H,8,14H2,1-3H3. The summed E-state index contributed by atoms with van der Waals surface area (Å²) in [4.78, 5) is 0.292. The highest BCUT2D eigenvalue weighted by molar-refractivity contribution is 7.89. The second kappa shape index (κ2) is 4.33. The lowest BCUT2D eigenvalue weighted by Gasteiger charge is -2.11. The van der Waals surface area contributed by atoms with Crippen molar-refractivity contribution in [3.63, 3.8) is 0 Å². The second-order valence-electron chi connectivity index (χ2n) is 5.73. The number of benzene rings is 1. The molecule has 1 aromatic rings. The van der Waals surface area contributed by atoms with Gasteiger partial charge in [0, 0.05) is 12.1 Å². The van der Waals surface area contributed by atoms with E-state index in [2.05, 4.69) is 18.6 Å². The van der Waals surface area contributed by atoms with E-state index in [1.807, 2.05) is 13.0 Å². The van der Waals surface area contributed by atoms with Crippen LogP contribution in [-0.2, 0) is 10.0 Å². The van der Waals surface area contributed by atoms with Gasteiger partial charge < -0.3 is 5.73 Å². The molecule has 1 aromatic carbocycles. The molecule has 0 spiro atoms. The quantitative estimate of drug-likeness (QED) is 0.874. The molecule has 0 heterocycles. The van der Waals surface area contributed by atoms with Gasteiger partial charge in [-0.2, -0.15) is 0 Å². The largest absolute Gasteiger partial charge is 0.324 e. The minimum absolute atomic E-state index is 0.0430. The Bertz CT molecular complexity index is 550. The highest BCUT2D eigenvalue weighted by Crippen LogP contribution is 2.45. The van der Waals surface area contributed by atoms with E-state index in [9.17, 15) is 8.42 Å². The topological polar surface area (TPSA) is 72.2 Å². The molecular weight excluding hydrogens is 248 g/mol. The van der Waals surface area contributed by atoms with Crippen molar-refractivity contribution < 1.29 is 8.42 Å². The molecule has 0 saturated heterocycles. The van der Waals surface area contributed by atoms with Crippen molar-refractivity contribution in [3.05, 3.63) is 29.8 Å². The zero-order valence-electron chi connectivity index (χ0n) is 11.0. The summed E-state index contributed by atoms with van der Waals surface area (Å²) in [6.45, 7) is 5.94. The lowest BCUT2D eigenvalue weighted by molar-refractivity contribution is 0.555. The number of sulfonamides is 1. The summed E-state index contributed by atoms with van der Waals surface area (Å²) < 4.78 is 27.1. The van der Waals surface area contributed by atoms with Gasteiger partial charge in [0.2, 0.25) is 10.0 Å². The maximum Gasteiger partial charge on any atom is 0.240 e. The van der Waals surface area contributed by atoms with Crippen LogP contribution in [0.3, 0.4) is 0 Å². The first-order chi connectivity index (χ1) is 8.22. The smallest absolute Gasteiger partial charge is 0.240 e. The highest BCUT2D eigenvalue weighted by Gasteiger charge is 2.47. The monoisotopic (exact) mass is 268 g/mol. The summed E-state index contributed by atoms with van der Waals surface area (Å²) in [7, 11) is -3.43. The number of hydrogen-bond acceptors (Lipinski definition) is 3. The molecule has 2 rings (SSSR count). The average molecular weight is 268 g/mol. The first-order valence-corrected chi connectivity index (χ1v) is 7.58. The highest BCUT2D eigenvalue weighted by atomic mass is 32.2. The third-order valence-corrected chi connectivity index (χ3v) is 4.97. The summed E-state index contributed by atoms with van der Waals surface area (Å²) in [6.07, 6.45) is 0.888. The summed E-state index contributed by atoms with van der Waals surface area (Å²) >= 11 is 0. The van der Waals surface area contributed by atoms with E-state index in [1.54, 1.807) is 18.2 Å². The van der Waals surface area contributed by atoms with Crippen molar-refractivity contribution in [2.45, 2.75) is 44.2 Å². The normalized spacial score (nSPS) is 23.7. The summed E-state index contributed by atoms with van der Waals surface area (Å²) in [5.74, 6) is 0. The molecule has 0 radical (unpaired) electrons. The molecule has 100 valence electrons. The molecule has 0 aromatic heterocycles. The molecule has 4 nitrogen and oxygen atoms in total. The van der Waals surface area contributed by atoms with Gasteiger partial charge in [-0.15, -0.1) is 0 Å². The van der Waals surface area contributed by atoms with Gasteiger partial charge >= 0.3 is 0 Å². The predicted molar refractivity (Wildman–Crippen MR) is 71.6 cm³/mol. The Morgan fingerprint density at radius 2 is 2.06 bits per heavy atom. The maximum atomic E-state index is 12.2. The minimum atomic E-state index is -3.43. The molecule has 2 unspecified atom stereocenters. The van der Waals surface area contributed by atoms with Gasteiger partial charge in [0.25, 0.3) is 0 Å². The van der Waals surface area contributed by atoms with Crippen LogP contribution in [0.5, 0.6) is 0 Å². The molecule has 18 heavy (non-hydrogen) atoms. The van der Waals surface area contributed by atoms with E-state index < -0.39 is 10.0 Å². The van der Waals surface area contributed by atoms with Crippen LogP contribution < -0.4 is 10.5 Å². The van der Waals surface area contributed by atoms with Crippen LogP contribution in [0.2, 0.25) is 0 Å². The van der Waals surface area contributed by atoms with Gasteiger partial charge in [-0.1, -0.05) is 26.0 Å². The fraction of sp³-hybridized carbons (Fsp3) is 0.538. The lowest BCUT2D eigenvalue weighted by Crippen LogP contribution is -2.28. The van der Waals surface area contributed by atoms with Crippen LogP contribution in [0, 0.1) is 5.41 Å². The number of nitrogens with one attached hydrogen (secondary N) is 1. The van der Waals surface area contributed by atoms with E-state index in [-0.39, 0.29) is 17.5 Å². The molecule has 3 N–H and O–H groups in total. The van der Waals surface area contributed by atoms with Crippen molar-refractivity contribution in [2.24, 2.45) is 11.1 Å². The van der Waals surface area contributed by atoms with E-state index in [1.165, 1.54) is 0 Å². The summed E-state index contributed by atoms with van der Waals surface area (Å²) in [5.41, 5.74) is 6.67. The molecule has 1 fully saturated rings. The third-order valence-electron chi connectivity index (χ3n) is 3.51. The van der Waals surface area contributed by atoms with Gasteiger partial charge in [-0.05, 0) is 36.5 Å². The molecule has 0 amide bonds. The Labute approximate surface area is 109 Å². The predicted octanol–water partition coefficient (Wildman–Crippen LogP) is 1.78. The van der Waals surface area contributed by atoms with Crippen molar-refractivity contribution in [3.8, 4) is 0 Å². The fourth-order valence-corrected chi connectivity index (χ4v) is 3.35. The maximum absolute atomic E-state index is 12.2. The zero-order chi connectivity index (χ0) is 13.6. The average Bonchev–Trinajstić information content (AvgIpc) is 2.85. The van der Waals surface area contributed by atoms with E-state index in [4.69, 9.17) is 5.73 Å². The van der Waals surface area contributed by atoms with Crippen molar-refractivity contribution in [1.82, 2.24) is 4.72 Å². The van der Waals surface area contributed by atoms with E-state index in [0.29, 0.717) is 4.90 Å². The van der Waals surface area contributed by atoms with Crippen molar-refractivity contribution in [2.75, 3.05) is 0 Å². The Morgan fingerprint density at radius 3 is 2.56 bits per heavy atom. The molecular formula is C13H20N2O2S. The Balaban J connectivity index is 2.22. The van der Waals surface area contributed by atoms with Crippen LogP contribution in [0.15, 0.2) is 29.2 Å². The van der Waals surface area contributed by atoms with E-state index >= 15 is 0 Å². The van der Waals surface area contributed by atoms with Gasteiger partial charge in [0.15, 0.2) is 0 Å². The Hall–Kier alpha value is -0.910. The number of rotatable bonds is 4. The number of nitrogens with two attached hydrogens (primary N) is 1. The van der Waals surface area contributed by atoms with Crippen LogP contribution >= 0.6 is 0 Å². The first kappa shape index (κ1) is 13.5. The van der Waals surface area contributed by atoms with Crippen molar-refractivity contribution >= 4 is 10.0 Å². The van der Waals surface area contributed by atoms with Crippen LogP contribution in [-0.4, -0.2) is 14.5 Å². The van der Waals surface area contributed by atoms with Gasteiger partial charge in [0.05, 0.1) is 4.90 Å². The van der Waals surface area contributed by atoms with Gasteiger partial charge in [0.1, 0.15) is 0 Å². The summed E-state index contributed by atoms with van der Waals surface area (Å²) in [6, 6.07) is 6.68. The zero-order valence-corrected chi connectivity index (χ0v) is 11.8.